The summed E-state index contributed by atoms with van der Waals surface area (Å²) in [5.41, 5.74) is 0.451. The first-order valence-corrected chi connectivity index (χ1v) is 13.8. The Labute approximate surface area is 234 Å². The Balaban J connectivity index is 1.66. The predicted molar refractivity (Wildman–Crippen MR) is 147 cm³/mol. The van der Waals surface area contributed by atoms with E-state index in [2.05, 4.69) is 0 Å². The van der Waals surface area contributed by atoms with Crippen molar-refractivity contribution in [2.45, 2.75) is 18.0 Å². The number of fused-ring (bicyclic) bond motifs is 1. The zero-order valence-electron chi connectivity index (χ0n) is 21.9. The van der Waals surface area contributed by atoms with Crippen LogP contribution < -0.4 is 5.43 Å². The van der Waals surface area contributed by atoms with Crippen LogP contribution in [0.4, 0.5) is 10.1 Å². The van der Waals surface area contributed by atoms with E-state index >= 15 is 0 Å². The highest BCUT2D eigenvalue weighted by Crippen LogP contribution is 2.21. The van der Waals surface area contributed by atoms with Crippen molar-refractivity contribution >= 4 is 32.6 Å². The molecule has 1 amide bonds. The van der Waals surface area contributed by atoms with Crippen molar-refractivity contribution in [3.8, 4) is 0 Å². The van der Waals surface area contributed by atoms with Gasteiger partial charge >= 0.3 is 0 Å². The molecule has 0 atom stereocenters. The molecule has 4 rings (SSSR count). The van der Waals surface area contributed by atoms with Gasteiger partial charge in [-0.1, -0.05) is 24.3 Å². The normalized spacial score (nSPS) is 11.6. The van der Waals surface area contributed by atoms with Crippen LogP contribution in [0, 0.1) is 15.9 Å². The summed E-state index contributed by atoms with van der Waals surface area (Å²) in [6.07, 6.45) is 1.26. The molecule has 3 aromatic carbocycles. The number of nitro benzene ring substituents is 1. The van der Waals surface area contributed by atoms with Crippen molar-refractivity contribution in [2.75, 3.05) is 26.8 Å². The van der Waals surface area contributed by atoms with Crippen molar-refractivity contribution in [2.24, 2.45) is 0 Å². The van der Waals surface area contributed by atoms with Gasteiger partial charge in [-0.25, -0.2) is 12.8 Å². The first kappa shape index (κ1) is 29.5. The van der Waals surface area contributed by atoms with E-state index in [1.54, 1.807) is 24.3 Å². The molecule has 0 aliphatic carbocycles. The summed E-state index contributed by atoms with van der Waals surface area (Å²) in [6, 6.07) is 16.4. The molecule has 41 heavy (non-hydrogen) atoms. The highest BCUT2D eigenvalue weighted by atomic mass is 32.2. The third-order valence-electron chi connectivity index (χ3n) is 6.29. The summed E-state index contributed by atoms with van der Waals surface area (Å²) in [7, 11) is -2.91. The van der Waals surface area contributed by atoms with Crippen molar-refractivity contribution in [3.05, 3.63) is 116 Å². The fourth-order valence-corrected chi connectivity index (χ4v) is 5.47. The molecule has 0 aliphatic heterocycles. The number of hydrogen-bond donors (Lipinski definition) is 0. The van der Waals surface area contributed by atoms with Crippen LogP contribution in [-0.4, -0.2) is 55.3 Å². The highest BCUT2D eigenvalue weighted by Gasteiger charge is 2.29. The zero-order valence-corrected chi connectivity index (χ0v) is 22.8. The van der Waals surface area contributed by atoms with Gasteiger partial charge in [0.1, 0.15) is 11.4 Å². The standard InChI is InChI=1S/C28H26FN3O8S/c1-39-15-14-31(41(37,38)24-12-10-23(11-13-24)32(35)36)18-27(33)30(16-20-6-8-22(29)9-7-20)17-21-19-40-26-5-3-2-4-25(26)28(21)34/h2-13,19H,14-18H2,1H3. The lowest BCUT2D eigenvalue weighted by atomic mass is 10.1. The number of amides is 1. The number of hydrogen-bond acceptors (Lipinski definition) is 8. The van der Waals surface area contributed by atoms with Gasteiger partial charge in [0.25, 0.3) is 5.69 Å². The molecule has 0 unspecified atom stereocenters. The number of carbonyl (C=O) groups excluding carboxylic acids is 1. The van der Waals surface area contributed by atoms with E-state index in [9.17, 15) is 32.5 Å². The van der Waals surface area contributed by atoms with E-state index < -0.39 is 33.2 Å². The van der Waals surface area contributed by atoms with Gasteiger partial charge in [0.05, 0.1) is 46.7 Å². The number of methoxy groups -OCH3 is 1. The number of halogens is 1. The summed E-state index contributed by atoms with van der Waals surface area (Å²) in [5, 5.41) is 11.3. The molecule has 1 heterocycles. The minimum Gasteiger partial charge on any atom is -0.464 e. The number of para-hydroxylation sites is 1. The summed E-state index contributed by atoms with van der Waals surface area (Å²) in [5.74, 6) is -1.12. The van der Waals surface area contributed by atoms with Crippen LogP contribution in [-0.2, 0) is 32.6 Å². The molecule has 13 heteroatoms. The summed E-state index contributed by atoms with van der Waals surface area (Å²) >= 11 is 0. The Morgan fingerprint density at radius 2 is 1.71 bits per heavy atom. The fourth-order valence-electron chi connectivity index (χ4n) is 4.09. The Bertz CT molecular complexity index is 1710. The maximum atomic E-state index is 13.7. The molecule has 214 valence electrons. The molecule has 0 saturated heterocycles. The minimum atomic E-state index is -4.28. The average Bonchev–Trinajstić information content (AvgIpc) is 2.97. The van der Waals surface area contributed by atoms with Gasteiger partial charge in [0.2, 0.25) is 15.9 Å². The molecule has 4 aromatic rings. The third-order valence-corrected chi connectivity index (χ3v) is 8.15. The average molecular weight is 584 g/mol. The molecule has 0 N–H and O–H groups in total. The molecule has 11 nitrogen and oxygen atoms in total. The van der Waals surface area contributed by atoms with E-state index in [0.29, 0.717) is 16.5 Å². The van der Waals surface area contributed by atoms with Gasteiger partial charge in [-0.2, -0.15) is 4.31 Å². The zero-order chi connectivity index (χ0) is 29.6. The third kappa shape index (κ3) is 7.01. The number of ether oxygens (including phenoxy) is 1. The number of carbonyl (C=O) groups is 1. The van der Waals surface area contributed by atoms with Crippen LogP contribution in [0.3, 0.4) is 0 Å². The highest BCUT2D eigenvalue weighted by molar-refractivity contribution is 7.89. The van der Waals surface area contributed by atoms with Crippen LogP contribution in [0.1, 0.15) is 11.1 Å². The van der Waals surface area contributed by atoms with Crippen molar-refractivity contribution < 1.29 is 31.7 Å². The largest absolute Gasteiger partial charge is 0.464 e. The second-order valence-corrected chi connectivity index (χ2v) is 11.0. The first-order chi connectivity index (χ1) is 19.6. The Morgan fingerprint density at radius 3 is 2.37 bits per heavy atom. The lowest BCUT2D eigenvalue weighted by Gasteiger charge is -2.27. The Morgan fingerprint density at radius 1 is 1.02 bits per heavy atom. The van der Waals surface area contributed by atoms with E-state index in [1.165, 1.54) is 42.5 Å². The molecule has 0 radical (unpaired) electrons. The van der Waals surface area contributed by atoms with Gasteiger partial charge in [-0.3, -0.25) is 19.7 Å². The lowest BCUT2D eigenvalue weighted by molar-refractivity contribution is -0.384. The van der Waals surface area contributed by atoms with Crippen molar-refractivity contribution in [3.63, 3.8) is 0 Å². The monoisotopic (exact) mass is 583 g/mol. The van der Waals surface area contributed by atoms with Crippen LogP contribution >= 0.6 is 0 Å². The number of benzene rings is 3. The van der Waals surface area contributed by atoms with Crippen LogP contribution in [0.5, 0.6) is 0 Å². The molecule has 0 aliphatic rings. The summed E-state index contributed by atoms with van der Waals surface area (Å²) < 4.78 is 52.0. The van der Waals surface area contributed by atoms with E-state index in [4.69, 9.17) is 9.15 Å². The molecule has 0 bridgehead atoms. The smallest absolute Gasteiger partial charge is 0.269 e. The fraction of sp³-hybridized carbons (Fsp3) is 0.214. The van der Waals surface area contributed by atoms with Gasteiger partial charge in [0, 0.05) is 32.3 Å². The molecular weight excluding hydrogens is 557 g/mol. The van der Waals surface area contributed by atoms with Gasteiger partial charge in [-0.15, -0.1) is 0 Å². The predicted octanol–water partition coefficient (Wildman–Crippen LogP) is 3.71. The number of nitrogens with zero attached hydrogens (tertiary/aromatic N) is 3. The van der Waals surface area contributed by atoms with E-state index in [-0.39, 0.29) is 47.8 Å². The van der Waals surface area contributed by atoms with Crippen LogP contribution in [0.25, 0.3) is 11.0 Å². The Kier molecular flexibility index (Phi) is 9.22. The molecule has 1 aromatic heterocycles. The minimum absolute atomic E-state index is 0.0360. The quantitative estimate of drug-likeness (QED) is 0.182. The van der Waals surface area contributed by atoms with Gasteiger partial charge < -0.3 is 14.1 Å². The molecular formula is C28H26FN3O8S. The Hall–Kier alpha value is -4.46. The SMILES string of the molecule is COCCN(CC(=O)N(Cc1ccc(F)cc1)Cc1coc2ccccc2c1=O)S(=O)(=O)c1ccc([N+](=O)[O-])cc1. The first-order valence-electron chi connectivity index (χ1n) is 12.4. The van der Waals surface area contributed by atoms with Crippen LogP contribution in [0.2, 0.25) is 0 Å². The summed E-state index contributed by atoms with van der Waals surface area (Å²) in [6.45, 7) is -1.11. The lowest BCUT2D eigenvalue weighted by Crippen LogP contribution is -2.44. The maximum absolute atomic E-state index is 13.7. The van der Waals surface area contributed by atoms with E-state index in [0.717, 1.165) is 28.6 Å². The van der Waals surface area contributed by atoms with Gasteiger partial charge in [0.15, 0.2) is 5.43 Å². The summed E-state index contributed by atoms with van der Waals surface area (Å²) in [4.78, 5) is 38.2. The molecule has 0 spiro atoms. The maximum Gasteiger partial charge on any atom is 0.269 e. The second kappa shape index (κ2) is 12.8. The van der Waals surface area contributed by atoms with E-state index in [1.807, 2.05) is 0 Å². The van der Waals surface area contributed by atoms with Crippen molar-refractivity contribution in [1.82, 2.24) is 9.21 Å². The number of sulfonamides is 1. The molecule has 0 saturated carbocycles. The molecule has 0 fully saturated rings. The van der Waals surface area contributed by atoms with Crippen molar-refractivity contribution in [1.29, 1.82) is 0 Å². The van der Waals surface area contributed by atoms with Crippen LogP contribution in [0.15, 0.2) is 93.2 Å². The number of nitro groups is 1. The van der Waals surface area contributed by atoms with Gasteiger partial charge in [-0.05, 0) is 42.0 Å². The number of non-ortho nitro benzene ring substituents is 1. The number of rotatable bonds is 12. The second-order valence-electron chi connectivity index (χ2n) is 9.04. The topological polar surface area (TPSA) is 140 Å².